The van der Waals surface area contributed by atoms with E-state index < -0.39 is 0 Å². The van der Waals surface area contributed by atoms with Crippen LogP contribution in [0.4, 0.5) is 0 Å². The van der Waals surface area contributed by atoms with Crippen molar-refractivity contribution in [3.63, 3.8) is 0 Å². The zero-order valence-corrected chi connectivity index (χ0v) is 18.7. The lowest BCUT2D eigenvalue weighted by Gasteiger charge is -2.12. The van der Waals surface area contributed by atoms with E-state index in [2.05, 4.69) is 74.9 Å². The molecule has 3 heterocycles. The lowest BCUT2D eigenvalue weighted by Crippen LogP contribution is -2.02. The average molecular weight is 447 g/mol. The molecule has 0 spiro atoms. The van der Waals surface area contributed by atoms with Gasteiger partial charge in [0.05, 0.1) is 16.3 Å². The van der Waals surface area contributed by atoms with Crippen molar-refractivity contribution in [3.05, 3.63) is 83.1 Å². The maximum Gasteiger partial charge on any atom is 0.203 e. The number of aryl methyl sites for hydroxylation is 1. The molecule has 0 saturated heterocycles. The standard InChI is InChI=1S/C23H18N4S3/c1-2-16-9-6-7-12-19(16)27-21(20-13-8-14-28-20)25-26-22(27)30-23-24-18(15-29-23)17-10-4-3-5-11-17/h3-15H,2H2,1H3. The summed E-state index contributed by atoms with van der Waals surface area (Å²) >= 11 is 4.87. The Hall–Kier alpha value is -2.74. The molecule has 0 N–H and O–H groups in total. The number of hydrogen-bond acceptors (Lipinski definition) is 6. The highest BCUT2D eigenvalue weighted by Gasteiger charge is 2.20. The smallest absolute Gasteiger partial charge is 0.203 e. The zero-order valence-electron chi connectivity index (χ0n) is 16.2. The second-order valence-corrected chi connectivity index (χ2v) is 9.59. The molecule has 30 heavy (non-hydrogen) atoms. The number of thiophene rings is 1. The molecular weight excluding hydrogens is 428 g/mol. The molecule has 0 bridgehead atoms. The van der Waals surface area contributed by atoms with Crippen LogP contribution >= 0.6 is 34.4 Å². The van der Waals surface area contributed by atoms with E-state index in [-0.39, 0.29) is 0 Å². The molecule has 0 amide bonds. The molecule has 148 valence electrons. The Bertz CT molecular complexity index is 1260. The summed E-state index contributed by atoms with van der Waals surface area (Å²) in [5, 5.41) is 14.1. The molecular formula is C23H18N4S3. The van der Waals surface area contributed by atoms with Gasteiger partial charge in [-0.05, 0) is 41.3 Å². The molecule has 0 unspecified atom stereocenters. The van der Waals surface area contributed by atoms with Gasteiger partial charge >= 0.3 is 0 Å². The highest BCUT2D eigenvalue weighted by molar-refractivity contribution is 8.00. The third-order valence-corrected chi connectivity index (χ3v) is 7.47. The third-order valence-electron chi connectivity index (χ3n) is 4.72. The van der Waals surface area contributed by atoms with Gasteiger partial charge in [-0.1, -0.05) is 61.5 Å². The molecule has 4 nitrogen and oxygen atoms in total. The largest absolute Gasteiger partial charge is 0.269 e. The summed E-state index contributed by atoms with van der Waals surface area (Å²) in [5.41, 5.74) is 4.50. The number of para-hydroxylation sites is 1. The first kappa shape index (κ1) is 19.2. The molecule has 0 saturated carbocycles. The highest BCUT2D eigenvalue weighted by atomic mass is 32.2. The van der Waals surface area contributed by atoms with Crippen LogP contribution in [0, 0.1) is 0 Å². The molecule has 2 aromatic carbocycles. The Morgan fingerprint density at radius 2 is 1.73 bits per heavy atom. The summed E-state index contributed by atoms with van der Waals surface area (Å²) in [7, 11) is 0. The quantitative estimate of drug-likeness (QED) is 0.287. The van der Waals surface area contributed by atoms with Gasteiger partial charge in [0.2, 0.25) is 5.16 Å². The van der Waals surface area contributed by atoms with E-state index in [0.717, 1.165) is 43.6 Å². The van der Waals surface area contributed by atoms with Crippen LogP contribution < -0.4 is 0 Å². The van der Waals surface area contributed by atoms with Gasteiger partial charge in [-0.2, -0.15) is 0 Å². The monoisotopic (exact) mass is 446 g/mol. The first-order valence-corrected chi connectivity index (χ1v) is 12.2. The first-order valence-electron chi connectivity index (χ1n) is 9.60. The number of aromatic nitrogens is 4. The van der Waals surface area contributed by atoms with E-state index in [1.54, 1.807) is 34.4 Å². The minimum Gasteiger partial charge on any atom is -0.269 e. The second kappa shape index (κ2) is 8.55. The Balaban J connectivity index is 1.57. The topological polar surface area (TPSA) is 43.6 Å². The number of rotatable bonds is 6. The Kier molecular flexibility index (Phi) is 5.48. The van der Waals surface area contributed by atoms with Gasteiger partial charge in [0.25, 0.3) is 0 Å². The summed E-state index contributed by atoms with van der Waals surface area (Å²) in [6.45, 7) is 2.17. The Morgan fingerprint density at radius 1 is 0.900 bits per heavy atom. The van der Waals surface area contributed by atoms with Gasteiger partial charge in [-0.3, -0.25) is 4.57 Å². The van der Waals surface area contributed by atoms with E-state index in [1.165, 1.54) is 5.56 Å². The van der Waals surface area contributed by atoms with Crippen molar-refractivity contribution < 1.29 is 0 Å². The molecule has 7 heteroatoms. The molecule has 0 atom stereocenters. The van der Waals surface area contributed by atoms with Crippen molar-refractivity contribution in [2.24, 2.45) is 0 Å². The fourth-order valence-corrected chi connectivity index (χ4v) is 5.74. The molecule has 0 aliphatic heterocycles. The summed E-state index contributed by atoms with van der Waals surface area (Å²) in [6.07, 6.45) is 0.942. The predicted octanol–water partition coefficient (Wildman–Crippen LogP) is 6.83. The van der Waals surface area contributed by atoms with Crippen LogP contribution in [0.2, 0.25) is 0 Å². The molecule has 0 aliphatic carbocycles. The maximum atomic E-state index is 4.83. The second-order valence-electron chi connectivity index (χ2n) is 6.57. The SMILES string of the molecule is CCc1ccccc1-n1c(Sc2nc(-c3ccccc3)cs2)nnc1-c1cccs1. The van der Waals surface area contributed by atoms with Crippen molar-refractivity contribution >= 4 is 34.4 Å². The summed E-state index contributed by atoms with van der Waals surface area (Å²) in [4.78, 5) is 5.93. The van der Waals surface area contributed by atoms with Crippen LogP contribution in [0.15, 0.2) is 87.0 Å². The molecule has 0 radical (unpaired) electrons. The van der Waals surface area contributed by atoms with E-state index in [1.807, 2.05) is 24.3 Å². The molecule has 5 aromatic rings. The van der Waals surface area contributed by atoms with E-state index in [0.29, 0.717) is 0 Å². The number of thiazole rings is 1. The number of nitrogens with zero attached hydrogens (tertiary/aromatic N) is 4. The first-order chi connectivity index (χ1) is 14.8. The van der Waals surface area contributed by atoms with Crippen LogP contribution in [-0.4, -0.2) is 19.7 Å². The lowest BCUT2D eigenvalue weighted by molar-refractivity contribution is 0.872. The van der Waals surface area contributed by atoms with E-state index >= 15 is 0 Å². The minimum absolute atomic E-state index is 0.827. The van der Waals surface area contributed by atoms with Gasteiger partial charge in [0.15, 0.2) is 10.2 Å². The Labute approximate surface area is 187 Å². The molecule has 5 rings (SSSR count). The molecule has 3 aromatic heterocycles. The van der Waals surface area contributed by atoms with Gasteiger partial charge in [0, 0.05) is 10.9 Å². The summed E-state index contributed by atoms with van der Waals surface area (Å²) in [6, 6.07) is 22.8. The highest BCUT2D eigenvalue weighted by Crippen LogP contribution is 2.37. The molecule has 0 aliphatic rings. The normalized spacial score (nSPS) is 11.1. The van der Waals surface area contributed by atoms with Gasteiger partial charge < -0.3 is 0 Å². The minimum atomic E-state index is 0.827. The Morgan fingerprint density at radius 3 is 2.53 bits per heavy atom. The van der Waals surface area contributed by atoms with Crippen LogP contribution in [-0.2, 0) is 6.42 Å². The number of benzene rings is 2. The number of hydrogen-bond donors (Lipinski definition) is 0. The van der Waals surface area contributed by atoms with Crippen LogP contribution in [0.1, 0.15) is 12.5 Å². The van der Waals surface area contributed by atoms with Crippen molar-refractivity contribution in [1.82, 2.24) is 19.7 Å². The average Bonchev–Trinajstić information content (AvgIpc) is 3.55. The predicted molar refractivity (Wildman–Crippen MR) is 126 cm³/mol. The van der Waals surface area contributed by atoms with Crippen LogP contribution in [0.5, 0.6) is 0 Å². The van der Waals surface area contributed by atoms with Crippen molar-refractivity contribution in [3.8, 4) is 27.6 Å². The van der Waals surface area contributed by atoms with Gasteiger partial charge in [-0.25, -0.2) is 4.98 Å². The van der Waals surface area contributed by atoms with Gasteiger partial charge in [0.1, 0.15) is 0 Å². The maximum absolute atomic E-state index is 4.83. The van der Waals surface area contributed by atoms with Crippen molar-refractivity contribution in [1.29, 1.82) is 0 Å². The van der Waals surface area contributed by atoms with Crippen LogP contribution in [0.3, 0.4) is 0 Å². The van der Waals surface area contributed by atoms with Crippen molar-refractivity contribution in [2.75, 3.05) is 0 Å². The third kappa shape index (κ3) is 3.71. The van der Waals surface area contributed by atoms with Gasteiger partial charge in [-0.15, -0.1) is 32.9 Å². The zero-order chi connectivity index (χ0) is 20.3. The lowest BCUT2D eigenvalue weighted by atomic mass is 10.1. The van der Waals surface area contributed by atoms with Crippen LogP contribution in [0.25, 0.3) is 27.6 Å². The van der Waals surface area contributed by atoms with Crippen molar-refractivity contribution in [2.45, 2.75) is 22.8 Å². The summed E-state index contributed by atoms with van der Waals surface area (Å²) < 4.78 is 3.12. The van der Waals surface area contributed by atoms with E-state index in [9.17, 15) is 0 Å². The fraction of sp³-hybridized carbons (Fsp3) is 0.0870. The van der Waals surface area contributed by atoms with E-state index in [4.69, 9.17) is 4.98 Å². The fourth-order valence-electron chi connectivity index (χ4n) is 3.27. The molecule has 0 fully saturated rings. The summed E-state index contributed by atoms with van der Waals surface area (Å²) in [5.74, 6) is 0.869.